The molecule has 1 fully saturated rings. The Labute approximate surface area is 110 Å². The Morgan fingerprint density at radius 1 is 1.53 bits per heavy atom. The maximum atomic E-state index is 13.3. The fourth-order valence-electron chi connectivity index (χ4n) is 2.23. The monoisotopic (exact) mass is 268 g/mol. The molecule has 1 aromatic carbocycles. The lowest BCUT2D eigenvalue weighted by molar-refractivity contribution is -0.385. The van der Waals surface area contributed by atoms with Crippen molar-refractivity contribution in [1.82, 2.24) is 5.32 Å². The fraction of sp³-hybridized carbons (Fsp3) is 0.538. The number of hydrogen-bond acceptors (Lipinski definition) is 4. The number of non-ortho nitro benzene ring substituents is 1. The molecular weight excluding hydrogens is 251 g/mol. The lowest BCUT2D eigenvalue weighted by Crippen LogP contribution is -2.48. The van der Waals surface area contributed by atoms with Crippen molar-refractivity contribution >= 4 is 5.69 Å². The zero-order valence-electron chi connectivity index (χ0n) is 10.8. The lowest BCUT2D eigenvalue weighted by Gasteiger charge is -2.34. The van der Waals surface area contributed by atoms with Gasteiger partial charge in [0.1, 0.15) is 5.82 Å². The Kier molecular flexibility index (Phi) is 4.11. The average molecular weight is 268 g/mol. The zero-order valence-corrected chi connectivity index (χ0v) is 10.8. The Morgan fingerprint density at radius 2 is 2.32 bits per heavy atom. The first-order valence-electron chi connectivity index (χ1n) is 6.25. The number of rotatable bonds is 4. The van der Waals surface area contributed by atoms with Crippen molar-refractivity contribution < 1.29 is 14.1 Å². The topological polar surface area (TPSA) is 64.4 Å². The van der Waals surface area contributed by atoms with Crippen molar-refractivity contribution in [2.45, 2.75) is 31.8 Å². The molecule has 0 aromatic heterocycles. The quantitative estimate of drug-likeness (QED) is 0.672. The van der Waals surface area contributed by atoms with Crippen LogP contribution in [-0.2, 0) is 11.3 Å². The number of halogens is 1. The van der Waals surface area contributed by atoms with Crippen molar-refractivity contribution in [3.63, 3.8) is 0 Å². The van der Waals surface area contributed by atoms with E-state index in [0.29, 0.717) is 18.7 Å². The molecule has 0 spiro atoms. The largest absolute Gasteiger partial charge is 0.380 e. The standard InChI is InChI=1S/C13H17FN2O3/c1-13(3-2-4-19-9-13)15-8-10-5-11(14)7-12(6-10)16(17)18/h5-7,15H,2-4,8-9H2,1H3. The van der Waals surface area contributed by atoms with E-state index in [1.165, 1.54) is 12.1 Å². The van der Waals surface area contributed by atoms with Crippen LogP contribution < -0.4 is 5.32 Å². The van der Waals surface area contributed by atoms with Gasteiger partial charge in [0, 0.05) is 24.8 Å². The van der Waals surface area contributed by atoms with E-state index in [1.54, 1.807) is 0 Å². The van der Waals surface area contributed by atoms with E-state index in [1.807, 2.05) is 6.92 Å². The van der Waals surface area contributed by atoms with Gasteiger partial charge in [-0.25, -0.2) is 4.39 Å². The summed E-state index contributed by atoms with van der Waals surface area (Å²) in [6.45, 7) is 3.80. The first-order chi connectivity index (χ1) is 8.98. The molecule has 19 heavy (non-hydrogen) atoms. The van der Waals surface area contributed by atoms with Gasteiger partial charge in [-0.1, -0.05) is 0 Å². The van der Waals surface area contributed by atoms with E-state index in [4.69, 9.17) is 4.74 Å². The van der Waals surface area contributed by atoms with Gasteiger partial charge in [-0.15, -0.1) is 0 Å². The van der Waals surface area contributed by atoms with E-state index < -0.39 is 10.7 Å². The Morgan fingerprint density at radius 3 is 2.95 bits per heavy atom. The summed E-state index contributed by atoms with van der Waals surface area (Å²) in [5.74, 6) is -0.587. The van der Waals surface area contributed by atoms with Gasteiger partial charge in [0.05, 0.1) is 17.6 Å². The first-order valence-corrected chi connectivity index (χ1v) is 6.25. The van der Waals surface area contributed by atoms with Crippen LogP contribution in [-0.4, -0.2) is 23.7 Å². The maximum absolute atomic E-state index is 13.3. The average Bonchev–Trinajstić information content (AvgIpc) is 2.37. The van der Waals surface area contributed by atoms with E-state index in [-0.39, 0.29) is 11.2 Å². The molecule has 1 aliphatic heterocycles. The predicted octanol–water partition coefficient (Wildman–Crippen LogP) is 2.39. The van der Waals surface area contributed by atoms with Crippen molar-refractivity contribution in [3.8, 4) is 0 Å². The van der Waals surface area contributed by atoms with Crippen molar-refractivity contribution in [2.24, 2.45) is 0 Å². The summed E-state index contributed by atoms with van der Waals surface area (Å²) in [5.41, 5.74) is 0.194. The summed E-state index contributed by atoms with van der Waals surface area (Å²) in [4.78, 5) is 10.1. The summed E-state index contributed by atoms with van der Waals surface area (Å²) in [6.07, 6.45) is 1.96. The van der Waals surface area contributed by atoms with Crippen LogP contribution in [0, 0.1) is 15.9 Å². The Hall–Kier alpha value is -1.53. The molecule has 1 atom stereocenters. The van der Waals surface area contributed by atoms with E-state index >= 15 is 0 Å². The van der Waals surface area contributed by atoms with Crippen molar-refractivity contribution in [1.29, 1.82) is 0 Å². The van der Waals surface area contributed by atoms with Crippen LogP contribution in [0.3, 0.4) is 0 Å². The molecular formula is C13H17FN2O3. The van der Waals surface area contributed by atoms with Crippen LogP contribution in [0.4, 0.5) is 10.1 Å². The zero-order chi connectivity index (χ0) is 13.9. The Balaban J connectivity index is 2.04. The van der Waals surface area contributed by atoms with Gasteiger partial charge in [-0.3, -0.25) is 10.1 Å². The predicted molar refractivity (Wildman–Crippen MR) is 68.4 cm³/mol. The van der Waals surface area contributed by atoms with Crippen LogP contribution in [0.5, 0.6) is 0 Å². The number of nitro groups is 1. The maximum Gasteiger partial charge on any atom is 0.272 e. The third kappa shape index (κ3) is 3.71. The highest BCUT2D eigenvalue weighted by atomic mass is 19.1. The lowest BCUT2D eigenvalue weighted by atomic mass is 9.94. The second-order valence-electron chi connectivity index (χ2n) is 5.15. The Bertz CT molecular complexity index is 473. The normalized spacial score (nSPS) is 23.3. The van der Waals surface area contributed by atoms with Crippen LogP contribution >= 0.6 is 0 Å². The molecule has 104 valence electrons. The smallest absolute Gasteiger partial charge is 0.272 e. The van der Waals surface area contributed by atoms with Crippen LogP contribution in [0.2, 0.25) is 0 Å². The number of hydrogen-bond donors (Lipinski definition) is 1. The number of nitrogens with one attached hydrogen (secondary N) is 1. The molecule has 1 heterocycles. The molecule has 6 heteroatoms. The number of ether oxygens (including phenoxy) is 1. The van der Waals surface area contributed by atoms with Crippen molar-refractivity contribution in [2.75, 3.05) is 13.2 Å². The first kappa shape index (κ1) is 13.9. The molecule has 0 radical (unpaired) electrons. The van der Waals surface area contributed by atoms with E-state index in [9.17, 15) is 14.5 Å². The molecule has 0 saturated carbocycles. The molecule has 0 amide bonds. The van der Waals surface area contributed by atoms with E-state index in [2.05, 4.69) is 5.32 Å². The van der Waals surface area contributed by atoms with Gasteiger partial charge in [0.15, 0.2) is 0 Å². The minimum absolute atomic E-state index is 0.153. The summed E-state index contributed by atoms with van der Waals surface area (Å²) >= 11 is 0. The van der Waals surface area contributed by atoms with Gasteiger partial charge < -0.3 is 10.1 Å². The molecule has 2 rings (SSSR count). The highest BCUT2D eigenvalue weighted by Crippen LogP contribution is 2.20. The molecule has 0 aliphatic carbocycles. The molecule has 0 bridgehead atoms. The van der Waals surface area contributed by atoms with Crippen LogP contribution in [0.15, 0.2) is 18.2 Å². The molecule has 1 unspecified atom stereocenters. The number of nitro benzene ring substituents is 1. The fourth-order valence-corrected chi connectivity index (χ4v) is 2.23. The molecule has 5 nitrogen and oxygen atoms in total. The third-order valence-electron chi connectivity index (χ3n) is 3.31. The minimum atomic E-state index is -0.587. The van der Waals surface area contributed by atoms with Gasteiger partial charge in [-0.2, -0.15) is 0 Å². The van der Waals surface area contributed by atoms with Crippen LogP contribution in [0.1, 0.15) is 25.3 Å². The SMILES string of the molecule is CC1(NCc2cc(F)cc([N+](=O)[O-])c2)CCCOC1. The molecule has 1 saturated heterocycles. The van der Waals surface area contributed by atoms with Gasteiger partial charge in [-0.05, 0) is 31.4 Å². The third-order valence-corrected chi connectivity index (χ3v) is 3.31. The second-order valence-corrected chi connectivity index (χ2v) is 5.15. The summed E-state index contributed by atoms with van der Waals surface area (Å²) in [6, 6.07) is 3.63. The van der Waals surface area contributed by atoms with Gasteiger partial charge >= 0.3 is 0 Å². The van der Waals surface area contributed by atoms with Gasteiger partial charge in [0.2, 0.25) is 0 Å². The summed E-state index contributed by atoms with van der Waals surface area (Å²) < 4.78 is 18.7. The van der Waals surface area contributed by atoms with Crippen molar-refractivity contribution in [3.05, 3.63) is 39.7 Å². The van der Waals surface area contributed by atoms with Crippen LogP contribution in [0.25, 0.3) is 0 Å². The van der Waals surface area contributed by atoms with Gasteiger partial charge in [0.25, 0.3) is 5.69 Å². The molecule has 1 N–H and O–H groups in total. The summed E-state index contributed by atoms with van der Waals surface area (Å²) in [5, 5.41) is 14.0. The molecule has 1 aliphatic rings. The minimum Gasteiger partial charge on any atom is -0.380 e. The number of nitrogens with zero attached hydrogens (tertiary/aromatic N) is 1. The highest BCUT2D eigenvalue weighted by molar-refractivity contribution is 5.35. The van der Waals surface area contributed by atoms with E-state index in [0.717, 1.165) is 25.5 Å². The summed E-state index contributed by atoms with van der Waals surface area (Å²) in [7, 11) is 0. The molecule has 1 aromatic rings. The highest BCUT2D eigenvalue weighted by Gasteiger charge is 2.26. The second kappa shape index (κ2) is 5.63. The number of benzene rings is 1.